The SMILES string of the molecule is COc1cc2c(cc1OC)CN(C(=O)C1CCN(C(=O)CC(C)C)CC1)CC2. The van der Waals surface area contributed by atoms with E-state index in [9.17, 15) is 9.59 Å². The van der Waals surface area contributed by atoms with Gasteiger partial charge in [-0.25, -0.2) is 0 Å². The van der Waals surface area contributed by atoms with Gasteiger partial charge in [0.15, 0.2) is 11.5 Å². The molecule has 0 aromatic heterocycles. The van der Waals surface area contributed by atoms with E-state index in [0.717, 1.165) is 37.1 Å². The van der Waals surface area contributed by atoms with E-state index in [2.05, 4.69) is 13.8 Å². The lowest BCUT2D eigenvalue weighted by Gasteiger charge is -2.36. The molecule has 2 aliphatic heterocycles. The fraction of sp³-hybridized carbons (Fsp3) is 0.636. The Morgan fingerprint density at radius 2 is 1.61 bits per heavy atom. The molecular formula is C22H32N2O4. The van der Waals surface area contributed by atoms with E-state index in [1.807, 2.05) is 21.9 Å². The molecule has 0 aliphatic carbocycles. The normalized spacial score (nSPS) is 17.5. The summed E-state index contributed by atoms with van der Waals surface area (Å²) < 4.78 is 10.8. The fourth-order valence-electron chi connectivity index (χ4n) is 4.18. The number of nitrogens with zero attached hydrogens (tertiary/aromatic N) is 2. The third-order valence-electron chi connectivity index (χ3n) is 5.81. The van der Waals surface area contributed by atoms with Crippen LogP contribution in [-0.4, -0.2) is 55.5 Å². The number of piperidine rings is 1. The summed E-state index contributed by atoms with van der Waals surface area (Å²) in [5.41, 5.74) is 2.34. The third-order valence-corrected chi connectivity index (χ3v) is 5.81. The average molecular weight is 389 g/mol. The summed E-state index contributed by atoms with van der Waals surface area (Å²) >= 11 is 0. The van der Waals surface area contributed by atoms with Gasteiger partial charge in [0.05, 0.1) is 14.2 Å². The molecule has 2 heterocycles. The molecule has 154 valence electrons. The van der Waals surface area contributed by atoms with Crippen LogP contribution in [0, 0.1) is 11.8 Å². The lowest BCUT2D eigenvalue weighted by molar-refractivity contribution is -0.141. The van der Waals surface area contributed by atoms with E-state index in [1.165, 1.54) is 5.56 Å². The Bertz CT molecular complexity index is 723. The van der Waals surface area contributed by atoms with Crippen LogP contribution < -0.4 is 9.47 Å². The average Bonchev–Trinajstić information content (AvgIpc) is 2.71. The van der Waals surface area contributed by atoms with Crippen molar-refractivity contribution in [1.29, 1.82) is 0 Å². The molecule has 6 heteroatoms. The van der Waals surface area contributed by atoms with E-state index in [4.69, 9.17) is 9.47 Å². The molecule has 0 radical (unpaired) electrons. The molecule has 6 nitrogen and oxygen atoms in total. The van der Waals surface area contributed by atoms with E-state index in [-0.39, 0.29) is 17.7 Å². The van der Waals surface area contributed by atoms with Crippen LogP contribution in [0.4, 0.5) is 0 Å². The van der Waals surface area contributed by atoms with Crippen LogP contribution in [0.3, 0.4) is 0 Å². The topological polar surface area (TPSA) is 59.1 Å². The Kier molecular flexibility index (Phi) is 6.47. The summed E-state index contributed by atoms with van der Waals surface area (Å²) in [6.07, 6.45) is 2.94. The minimum absolute atomic E-state index is 0.0183. The first-order chi connectivity index (χ1) is 13.4. The van der Waals surface area contributed by atoms with E-state index < -0.39 is 0 Å². The maximum Gasteiger partial charge on any atom is 0.226 e. The third kappa shape index (κ3) is 4.42. The van der Waals surface area contributed by atoms with Gasteiger partial charge in [0.25, 0.3) is 0 Å². The van der Waals surface area contributed by atoms with Crippen LogP contribution in [0.15, 0.2) is 12.1 Å². The number of hydrogen-bond donors (Lipinski definition) is 0. The molecular weight excluding hydrogens is 356 g/mol. The van der Waals surface area contributed by atoms with Gasteiger partial charge < -0.3 is 19.3 Å². The summed E-state index contributed by atoms with van der Waals surface area (Å²) in [4.78, 5) is 29.2. The van der Waals surface area contributed by atoms with Gasteiger partial charge in [-0.05, 0) is 48.4 Å². The van der Waals surface area contributed by atoms with Crippen molar-refractivity contribution in [2.24, 2.45) is 11.8 Å². The molecule has 1 aromatic rings. The monoisotopic (exact) mass is 388 g/mol. The largest absolute Gasteiger partial charge is 0.493 e. The first-order valence-electron chi connectivity index (χ1n) is 10.2. The second-order valence-electron chi connectivity index (χ2n) is 8.24. The van der Waals surface area contributed by atoms with Crippen molar-refractivity contribution in [3.63, 3.8) is 0 Å². The standard InChI is InChI=1S/C22H32N2O4/c1-15(2)11-21(25)23-8-5-16(6-9-23)22(26)24-10-7-17-12-19(27-3)20(28-4)13-18(17)14-24/h12-13,15-16H,5-11,14H2,1-4H3. The Hall–Kier alpha value is -2.24. The predicted octanol–water partition coefficient (Wildman–Crippen LogP) is 2.87. The first kappa shape index (κ1) is 20.5. The van der Waals surface area contributed by atoms with E-state index >= 15 is 0 Å². The number of amides is 2. The Balaban J connectivity index is 1.60. The van der Waals surface area contributed by atoms with Crippen molar-refractivity contribution in [3.05, 3.63) is 23.3 Å². The minimum atomic E-state index is 0.0183. The van der Waals surface area contributed by atoms with Crippen molar-refractivity contribution in [3.8, 4) is 11.5 Å². The molecule has 1 fully saturated rings. The van der Waals surface area contributed by atoms with Gasteiger partial charge in [0.2, 0.25) is 11.8 Å². The Morgan fingerprint density at radius 1 is 1.00 bits per heavy atom. The van der Waals surface area contributed by atoms with Crippen LogP contribution >= 0.6 is 0 Å². The molecule has 2 aliphatic rings. The zero-order valence-electron chi connectivity index (χ0n) is 17.5. The molecule has 0 atom stereocenters. The molecule has 0 spiro atoms. The van der Waals surface area contributed by atoms with Crippen LogP contribution in [-0.2, 0) is 22.6 Å². The summed E-state index contributed by atoms with van der Waals surface area (Å²) in [5.74, 6) is 2.26. The number of likely N-dealkylation sites (tertiary alicyclic amines) is 1. The molecule has 0 N–H and O–H groups in total. The molecule has 0 saturated carbocycles. The van der Waals surface area contributed by atoms with Gasteiger partial charge in [0, 0.05) is 38.5 Å². The summed E-state index contributed by atoms with van der Waals surface area (Å²) in [7, 11) is 3.27. The fourth-order valence-corrected chi connectivity index (χ4v) is 4.18. The lowest BCUT2D eigenvalue weighted by atomic mass is 9.92. The zero-order chi connectivity index (χ0) is 20.3. The van der Waals surface area contributed by atoms with Gasteiger partial charge in [-0.1, -0.05) is 13.8 Å². The minimum Gasteiger partial charge on any atom is -0.493 e. The van der Waals surface area contributed by atoms with Crippen molar-refractivity contribution < 1.29 is 19.1 Å². The highest BCUT2D eigenvalue weighted by molar-refractivity contribution is 5.80. The molecule has 2 amide bonds. The molecule has 0 unspecified atom stereocenters. The van der Waals surface area contributed by atoms with E-state index in [0.29, 0.717) is 37.7 Å². The Labute approximate surface area is 167 Å². The van der Waals surface area contributed by atoms with Crippen molar-refractivity contribution in [2.75, 3.05) is 33.9 Å². The molecule has 0 bridgehead atoms. The quantitative estimate of drug-likeness (QED) is 0.778. The van der Waals surface area contributed by atoms with Crippen LogP contribution in [0.2, 0.25) is 0 Å². The maximum absolute atomic E-state index is 13.1. The highest BCUT2D eigenvalue weighted by atomic mass is 16.5. The lowest BCUT2D eigenvalue weighted by Crippen LogP contribution is -2.45. The molecule has 28 heavy (non-hydrogen) atoms. The summed E-state index contributed by atoms with van der Waals surface area (Å²) in [5, 5.41) is 0. The smallest absolute Gasteiger partial charge is 0.226 e. The first-order valence-corrected chi connectivity index (χ1v) is 10.2. The van der Waals surface area contributed by atoms with E-state index in [1.54, 1.807) is 14.2 Å². The number of carbonyl (C=O) groups is 2. The number of fused-ring (bicyclic) bond motifs is 1. The maximum atomic E-state index is 13.1. The second kappa shape index (κ2) is 8.84. The van der Waals surface area contributed by atoms with Crippen molar-refractivity contribution in [2.45, 2.75) is 46.1 Å². The number of rotatable bonds is 5. The highest BCUT2D eigenvalue weighted by Gasteiger charge is 2.32. The number of benzene rings is 1. The van der Waals surface area contributed by atoms with Gasteiger partial charge >= 0.3 is 0 Å². The van der Waals surface area contributed by atoms with Crippen LogP contribution in [0.25, 0.3) is 0 Å². The predicted molar refractivity (Wildman–Crippen MR) is 107 cm³/mol. The number of carbonyl (C=O) groups excluding carboxylic acids is 2. The number of methoxy groups -OCH3 is 2. The molecule has 1 saturated heterocycles. The molecule has 1 aromatic carbocycles. The van der Waals surface area contributed by atoms with Gasteiger partial charge in [-0.2, -0.15) is 0 Å². The van der Waals surface area contributed by atoms with Crippen LogP contribution in [0.5, 0.6) is 11.5 Å². The summed E-state index contributed by atoms with van der Waals surface area (Å²) in [6.45, 7) is 6.85. The second-order valence-corrected chi connectivity index (χ2v) is 8.24. The summed E-state index contributed by atoms with van der Waals surface area (Å²) in [6, 6.07) is 4.01. The molecule has 3 rings (SSSR count). The van der Waals surface area contributed by atoms with Crippen LogP contribution in [0.1, 0.15) is 44.2 Å². The number of ether oxygens (including phenoxy) is 2. The Morgan fingerprint density at radius 3 is 2.18 bits per heavy atom. The number of hydrogen-bond acceptors (Lipinski definition) is 4. The zero-order valence-corrected chi connectivity index (χ0v) is 17.5. The highest BCUT2D eigenvalue weighted by Crippen LogP contribution is 2.34. The van der Waals surface area contributed by atoms with Gasteiger partial charge in [-0.15, -0.1) is 0 Å². The van der Waals surface area contributed by atoms with Crippen molar-refractivity contribution >= 4 is 11.8 Å². The van der Waals surface area contributed by atoms with Gasteiger partial charge in [-0.3, -0.25) is 9.59 Å². The van der Waals surface area contributed by atoms with Crippen molar-refractivity contribution in [1.82, 2.24) is 9.80 Å². The van der Waals surface area contributed by atoms with Gasteiger partial charge in [0.1, 0.15) is 0 Å².